The smallest absolute Gasteiger partial charge is 0.142 e. The fraction of sp³-hybridized carbons (Fsp3) is 0.538. The Labute approximate surface area is 97.6 Å². The van der Waals surface area contributed by atoms with E-state index < -0.39 is 0 Å². The van der Waals surface area contributed by atoms with Crippen LogP contribution in [0.4, 0.5) is 5.69 Å². The molecular weight excluding hydrogens is 202 g/mol. The van der Waals surface area contributed by atoms with Crippen molar-refractivity contribution < 1.29 is 9.47 Å². The van der Waals surface area contributed by atoms with E-state index >= 15 is 0 Å². The highest BCUT2D eigenvalue weighted by Gasteiger charge is 2.00. The van der Waals surface area contributed by atoms with Gasteiger partial charge >= 0.3 is 0 Å². The van der Waals surface area contributed by atoms with Crippen LogP contribution in [0.25, 0.3) is 0 Å². The molecule has 2 N–H and O–H groups in total. The highest BCUT2D eigenvalue weighted by molar-refractivity contribution is 5.51. The van der Waals surface area contributed by atoms with Crippen molar-refractivity contribution in [3.63, 3.8) is 0 Å². The first kappa shape index (κ1) is 12.8. The van der Waals surface area contributed by atoms with Gasteiger partial charge in [0.15, 0.2) is 0 Å². The van der Waals surface area contributed by atoms with E-state index in [9.17, 15) is 0 Å². The third-order valence-electron chi connectivity index (χ3n) is 2.44. The lowest BCUT2D eigenvalue weighted by Gasteiger charge is -2.11. The van der Waals surface area contributed by atoms with Gasteiger partial charge in [-0.25, -0.2) is 0 Å². The van der Waals surface area contributed by atoms with E-state index in [1.54, 1.807) is 0 Å². The van der Waals surface area contributed by atoms with Crippen molar-refractivity contribution in [2.45, 2.75) is 32.8 Å². The van der Waals surface area contributed by atoms with Crippen molar-refractivity contribution in [1.82, 2.24) is 0 Å². The molecule has 0 aliphatic carbocycles. The number of ether oxygens (including phenoxy) is 2. The quantitative estimate of drug-likeness (QED) is 0.571. The Balaban J connectivity index is 2.14. The standard InChI is InChI=1S/C13H21NO2/c1-3-11(2)15-9-6-10-16-13-8-5-4-7-12(13)14/h4-5,7-8,11H,3,6,9-10,14H2,1-2H3. The SMILES string of the molecule is CCC(C)OCCCOc1ccccc1N. The summed E-state index contributed by atoms with van der Waals surface area (Å²) >= 11 is 0. The zero-order chi connectivity index (χ0) is 11.8. The number of rotatable bonds is 7. The number of hydrogen-bond donors (Lipinski definition) is 1. The predicted molar refractivity (Wildman–Crippen MR) is 66.7 cm³/mol. The Kier molecular flexibility index (Phi) is 5.72. The van der Waals surface area contributed by atoms with Crippen LogP contribution in [0.3, 0.4) is 0 Å². The van der Waals surface area contributed by atoms with Gasteiger partial charge in [-0.3, -0.25) is 0 Å². The summed E-state index contributed by atoms with van der Waals surface area (Å²) in [6, 6.07) is 7.53. The van der Waals surface area contributed by atoms with Gasteiger partial charge in [-0.05, 0) is 25.5 Å². The monoisotopic (exact) mass is 223 g/mol. The second kappa shape index (κ2) is 7.12. The maximum atomic E-state index is 5.75. The first-order valence-corrected chi connectivity index (χ1v) is 5.83. The average Bonchev–Trinajstić information content (AvgIpc) is 2.30. The normalized spacial score (nSPS) is 12.4. The summed E-state index contributed by atoms with van der Waals surface area (Å²) in [5.41, 5.74) is 6.43. The molecule has 1 atom stereocenters. The van der Waals surface area contributed by atoms with Crippen LogP contribution < -0.4 is 10.5 Å². The molecule has 90 valence electrons. The molecule has 0 aliphatic heterocycles. The number of hydrogen-bond acceptors (Lipinski definition) is 3. The van der Waals surface area contributed by atoms with E-state index in [1.165, 1.54) is 0 Å². The zero-order valence-corrected chi connectivity index (χ0v) is 10.1. The summed E-state index contributed by atoms with van der Waals surface area (Å²) in [7, 11) is 0. The maximum Gasteiger partial charge on any atom is 0.142 e. The fourth-order valence-electron chi connectivity index (χ4n) is 1.26. The molecule has 1 aromatic carbocycles. The third kappa shape index (κ3) is 4.53. The number of anilines is 1. The van der Waals surface area contributed by atoms with Crippen molar-refractivity contribution in [3.8, 4) is 5.75 Å². The molecule has 3 nitrogen and oxygen atoms in total. The van der Waals surface area contributed by atoms with Gasteiger partial charge < -0.3 is 15.2 Å². The molecule has 0 aliphatic rings. The lowest BCUT2D eigenvalue weighted by atomic mass is 10.3. The summed E-state index contributed by atoms with van der Waals surface area (Å²) in [6.45, 7) is 5.58. The van der Waals surface area contributed by atoms with Gasteiger partial charge in [0.25, 0.3) is 0 Å². The number of nitrogen functional groups attached to an aromatic ring is 1. The van der Waals surface area contributed by atoms with Gasteiger partial charge in [0.1, 0.15) is 5.75 Å². The molecule has 3 heteroatoms. The lowest BCUT2D eigenvalue weighted by molar-refractivity contribution is 0.0555. The average molecular weight is 223 g/mol. The molecule has 0 amide bonds. The van der Waals surface area contributed by atoms with Gasteiger partial charge in [-0.1, -0.05) is 19.1 Å². The Bertz CT molecular complexity index is 302. The first-order valence-electron chi connectivity index (χ1n) is 5.83. The minimum atomic E-state index is 0.335. The van der Waals surface area contributed by atoms with Gasteiger partial charge in [0, 0.05) is 6.42 Å². The molecule has 0 saturated carbocycles. The Hall–Kier alpha value is -1.22. The summed E-state index contributed by atoms with van der Waals surface area (Å²) < 4.78 is 11.1. The molecule has 0 fully saturated rings. The van der Waals surface area contributed by atoms with Crippen molar-refractivity contribution in [1.29, 1.82) is 0 Å². The largest absolute Gasteiger partial charge is 0.491 e. The molecule has 0 saturated heterocycles. The second-order valence-electron chi connectivity index (χ2n) is 3.83. The molecule has 1 rings (SSSR count). The van der Waals surface area contributed by atoms with Gasteiger partial charge in [0.2, 0.25) is 0 Å². The molecule has 16 heavy (non-hydrogen) atoms. The van der Waals surface area contributed by atoms with Gasteiger partial charge in [-0.2, -0.15) is 0 Å². The van der Waals surface area contributed by atoms with E-state index in [4.69, 9.17) is 15.2 Å². The fourth-order valence-corrected chi connectivity index (χ4v) is 1.26. The molecule has 1 unspecified atom stereocenters. The highest BCUT2D eigenvalue weighted by Crippen LogP contribution is 2.19. The van der Waals surface area contributed by atoms with Crippen LogP contribution in [0.15, 0.2) is 24.3 Å². The van der Waals surface area contributed by atoms with Crippen LogP contribution in [0.2, 0.25) is 0 Å². The van der Waals surface area contributed by atoms with Crippen LogP contribution in [0.5, 0.6) is 5.75 Å². The second-order valence-corrected chi connectivity index (χ2v) is 3.83. The van der Waals surface area contributed by atoms with Crippen molar-refractivity contribution in [3.05, 3.63) is 24.3 Å². The van der Waals surface area contributed by atoms with Crippen molar-refractivity contribution in [2.24, 2.45) is 0 Å². The summed E-state index contributed by atoms with van der Waals surface area (Å²) in [6.07, 6.45) is 2.27. The number of nitrogens with two attached hydrogens (primary N) is 1. The van der Waals surface area contributed by atoms with E-state index in [-0.39, 0.29) is 0 Å². The van der Waals surface area contributed by atoms with Crippen LogP contribution in [0.1, 0.15) is 26.7 Å². The van der Waals surface area contributed by atoms with Crippen molar-refractivity contribution >= 4 is 5.69 Å². The lowest BCUT2D eigenvalue weighted by Crippen LogP contribution is -2.10. The van der Waals surface area contributed by atoms with E-state index in [0.29, 0.717) is 18.4 Å². The molecule has 0 aromatic heterocycles. The van der Waals surface area contributed by atoms with E-state index in [0.717, 1.165) is 25.2 Å². The Morgan fingerprint density at radius 1 is 1.25 bits per heavy atom. The van der Waals surface area contributed by atoms with Crippen LogP contribution in [-0.2, 0) is 4.74 Å². The third-order valence-corrected chi connectivity index (χ3v) is 2.44. The summed E-state index contributed by atoms with van der Waals surface area (Å²) in [4.78, 5) is 0. The minimum absolute atomic E-state index is 0.335. The topological polar surface area (TPSA) is 44.5 Å². The predicted octanol–water partition coefficient (Wildman–Crippen LogP) is 2.85. The molecule has 1 aromatic rings. The van der Waals surface area contributed by atoms with E-state index in [2.05, 4.69) is 13.8 Å². The first-order chi connectivity index (χ1) is 7.74. The van der Waals surface area contributed by atoms with Crippen LogP contribution >= 0.6 is 0 Å². The highest BCUT2D eigenvalue weighted by atomic mass is 16.5. The molecule has 0 spiro atoms. The van der Waals surface area contributed by atoms with Gasteiger partial charge in [0.05, 0.1) is 25.0 Å². The molecule has 0 radical (unpaired) electrons. The zero-order valence-electron chi connectivity index (χ0n) is 10.1. The number of para-hydroxylation sites is 2. The maximum absolute atomic E-state index is 5.75. The van der Waals surface area contributed by atoms with Crippen molar-refractivity contribution in [2.75, 3.05) is 18.9 Å². The molecule has 0 bridgehead atoms. The van der Waals surface area contributed by atoms with Crippen LogP contribution in [0, 0.1) is 0 Å². The summed E-state index contributed by atoms with van der Waals surface area (Å²) in [5, 5.41) is 0. The minimum Gasteiger partial charge on any atom is -0.491 e. The van der Waals surface area contributed by atoms with Crippen LogP contribution in [-0.4, -0.2) is 19.3 Å². The van der Waals surface area contributed by atoms with Gasteiger partial charge in [-0.15, -0.1) is 0 Å². The number of benzene rings is 1. The Morgan fingerprint density at radius 3 is 2.69 bits per heavy atom. The van der Waals surface area contributed by atoms with E-state index in [1.807, 2.05) is 24.3 Å². The molecule has 0 heterocycles. The summed E-state index contributed by atoms with van der Waals surface area (Å²) in [5.74, 6) is 0.756. The molecular formula is C13H21NO2. The Morgan fingerprint density at radius 2 is 2.00 bits per heavy atom.